The summed E-state index contributed by atoms with van der Waals surface area (Å²) < 4.78 is 28.2. The minimum atomic E-state index is -3.77. The van der Waals surface area contributed by atoms with Crippen molar-refractivity contribution in [3.8, 4) is 5.75 Å². The van der Waals surface area contributed by atoms with Gasteiger partial charge >= 0.3 is 5.97 Å². The molecule has 112 valence electrons. The molecule has 0 aliphatic carbocycles. The van der Waals surface area contributed by atoms with Crippen molar-refractivity contribution in [3.63, 3.8) is 0 Å². The number of carbonyl (C=O) groups is 1. The van der Waals surface area contributed by atoms with Gasteiger partial charge in [0, 0.05) is 0 Å². The molecule has 1 aromatic carbocycles. The Bertz CT molecular complexity index is 582. The first-order chi connectivity index (χ1) is 9.25. The van der Waals surface area contributed by atoms with E-state index in [0.717, 1.165) is 6.42 Å². The highest BCUT2D eigenvalue weighted by atomic mass is 32.2. The molecule has 3 N–H and O–H groups in total. The van der Waals surface area contributed by atoms with Gasteiger partial charge in [0.05, 0.1) is 17.9 Å². The number of hydrogen-bond donors (Lipinski definition) is 2. The Morgan fingerprint density at radius 3 is 2.60 bits per heavy atom. The van der Waals surface area contributed by atoms with Crippen LogP contribution in [0.5, 0.6) is 5.75 Å². The zero-order valence-corrected chi connectivity index (χ0v) is 12.3. The zero-order chi connectivity index (χ0) is 15.3. The van der Waals surface area contributed by atoms with Gasteiger partial charge in [-0.1, -0.05) is 13.8 Å². The number of carboxylic acid groups (broad SMARTS) is 1. The summed E-state index contributed by atoms with van der Waals surface area (Å²) >= 11 is 0. The lowest BCUT2D eigenvalue weighted by Gasteiger charge is -2.16. The van der Waals surface area contributed by atoms with Gasteiger partial charge in [-0.3, -0.25) is 4.79 Å². The number of sulfonamides is 1. The zero-order valence-electron chi connectivity index (χ0n) is 11.5. The Morgan fingerprint density at radius 1 is 1.45 bits per heavy atom. The first kappa shape index (κ1) is 16.5. The predicted molar refractivity (Wildman–Crippen MR) is 74.3 cm³/mol. The third kappa shape index (κ3) is 4.50. The van der Waals surface area contributed by atoms with E-state index in [1.165, 1.54) is 18.2 Å². The third-order valence-electron chi connectivity index (χ3n) is 3.03. The summed E-state index contributed by atoms with van der Waals surface area (Å²) in [7, 11) is -3.77. The summed E-state index contributed by atoms with van der Waals surface area (Å²) in [5.41, 5.74) is 0.712. The van der Waals surface area contributed by atoms with Crippen molar-refractivity contribution >= 4 is 16.0 Å². The maximum absolute atomic E-state index is 11.4. The molecule has 6 nitrogen and oxygen atoms in total. The van der Waals surface area contributed by atoms with E-state index >= 15 is 0 Å². The Kier molecular flexibility index (Phi) is 5.52. The van der Waals surface area contributed by atoms with Crippen LogP contribution in [0.15, 0.2) is 23.1 Å². The second kappa shape index (κ2) is 6.71. The topological polar surface area (TPSA) is 107 Å². The number of carboxylic acids is 1. The van der Waals surface area contributed by atoms with Crippen molar-refractivity contribution < 1.29 is 23.1 Å². The van der Waals surface area contributed by atoms with Crippen LogP contribution < -0.4 is 9.88 Å². The van der Waals surface area contributed by atoms with Gasteiger partial charge in [0.25, 0.3) is 0 Å². The first-order valence-electron chi connectivity index (χ1n) is 6.27. The largest absolute Gasteiger partial charge is 0.493 e. The van der Waals surface area contributed by atoms with E-state index in [2.05, 4.69) is 0 Å². The van der Waals surface area contributed by atoms with E-state index in [0.29, 0.717) is 11.3 Å². The van der Waals surface area contributed by atoms with Crippen LogP contribution in [0.2, 0.25) is 0 Å². The molecule has 1 aromatic rings. The predicted octanol–water partition coefficient (Wildman–Crippen LogP) is 1.70. The lowest BCUT2D eigenvalue weighted by atomic mass is 9.98. The molecule has 0 amide bonds. The van der Waals surface area contributed by atoms with Gasteiger partial charge in [-0.05, 0) is 36.1 Å². The summed E-state index contributed by atoms with van der Waals surface area (Å²) in [6, 6.07) is 4.36. The molecule has 1 unspecified atom stereocenters. The fourth-order valence-corrected chi connectivity index (χ4v) is 2.24. The molecule has 0 aliphatic heterocycles. The second-order valence-corrected chi connectivity index (χ2v) is 6.11. The number of aliphatic carboxylic acids is 1. The summed E-state index contributed by atoms with van der Waals surface area (Å²) in [4.78, 5) is 10.5. The van der Waals surface area contributed by atoms with Crippen LogP contribution in [0.3, 0.4) is 0 Å². The third-order valence-corrected chi connectivity index (χ3v) is 3.94. The lowest BCUT2D eigenvalue weighted by molar-refractivity contribution is -0.137. The standard InChI is InChI=1S/C13H19NO5S/c1-3-9(2)11-8-10(20(14,17)18)4-5-12(11)19-7-6-13(15)16/h4-5,8-9H,3,6-7H2,1-2H3,(H,15,16)(H2,14,17,18). The molecular formula is C13H19NO5S. The number of rotatable bonds is 7. The molecule has 0 bridgehead atoms. The van der Waals surface area contributed by atoms with E-state index < -0.39 is 16.0 Å². The molecular weight excluding hydrogens is 282 g/mol. The molecule has 0 aliphatic rings. The highest BCUT2D eigenvalue weighted by Gasteiger charge is 2.16. The molecule has 0 fully saturated rings. The number of nitrogens with two attached hydrogens (primary N) is 1. The van der Waals surface area contributed by atoms with Crippen LogP contribution >= 0.6 is 0 Å². The van der Waals surface area contributed by atoms with Gasteiger partial charge in [0.15, 0.2) is 0 Å². The Hall–Kier alpha value is -1.60. The molecule has 0 spiro atoms. The lowest BCUT2D eigenvalue weighted by Crippen LogP contribution is -2.13. The molecule has 0 aromatic heterocycles. The molecule has 1 rings (SSSR count). The normalized spacial score (nSPS) is 12.9. The number of primary sulfonamides is 1. The molecule has 1 atom stereocenters. The smallest absolute Gasteiger partial charge is 0.306 e. The average Bonchev–Trinajstić information content (AvgIpc) is 2.36. The van der Waals surface area contributed by atoms with E-state index in [1.54, 1.807) is 0 Å². The molecule has 0 heterocycles. The molecule has 0 radical (unpaired) electrons. The maximum atomic E-state index is 11.4. The minimum absolute atomic E-state index is 0.0263. The van der Waals surface area contributed by atoms with Crippen LogP contribution in [-0.2, 0) is 14.8 Å². The van der Waals surface area contributed by atoms with Gasteiger partial charge in [-0.25, -0.2) is 13.6 Å². The van der Waals surface area contributed by atoms with Crippen LogP contribution in [0, 0.1) is 0 Å². The molecule has 20 heavy (non-hydrogen) atoms. The molecule has 7 heteroatoms. The number of ether oxygens (including phenoxy) is 1. The number of hydrogen-bond acceptors (Lipinski definition) is 4. The maximum Gasteiger partial charge on any atom is 0.306 e. The first-order valence-corrected chi connectivity index (χ1v) is 7.81. The van der Waals surface area contributed by atoms with Crippen molar-refractivity contribution in [2.45, 2.75) is 37.5 Å². The van der Waals surface area contributed by atoms with Gasteiger partial charge in [0.2, 0.25) is 10.0 Å². The Labute approximate surface area is 118 Å². The SMILES string of the molecule is CCC(C)c1cc(S(N)(=O)=O)ccc1OCCC(=O)O. The van der Waals surface area contributed by atoms with Crippen LogP contribution in [-0.4, -0.2) is 26.1 Å². The van der Waals surface area contributed by atoms with Crippen molar-refractivity contribution in [2.75, 3.05) is 6.61 Å². The average molecular weight is 301 g/mol. The van der Waals surface area contributed by atoms with Crippen molar-refractivity contribution in [1.82, 2.24) is 0 Å². The van der Waals surface area contributed by atoms with Gasteiger partial charge in [-0.15, -0.1) is 0 Å². The highest BCUT2D eigenvalue weighted by molar-refractivity contribution is 7.89. The Morgan fingerprint density at radius 2 is 2.10 bits per heavy atom. The quantitative estimate of drug-likeness (QED) is 0.797. The Balaban J connectivity index is 3.07. The van der Waals surface area contributed by atoms with E-state index in [9.17, 15) is 13.2 Å². The summed E-state index contributed by atoms with van der Waals surface area (Å²) in [5.74, 6) is -0.374. The summed E-state index contributed by atoms with van der Waals surface area (Å²) in [6.07, 6.45) is 0.681. The van der Waals surface area contributed by atoms with Gasteiger partial charge in [-0.2, -0.15) is 0 Å². The van der Waals surface area contributed by atoms with Crippen molar-refractivity contribution in [1.29, 1.82) is 0 Å². The summed E-state index contributed by atoms with van der Waals surface area (Å²) in [5, 5.41) is 13.7. The van der Waals surface area contributed by atoms with E-state index in [4.69, 9.17) is 15.0 Å². The van der Waals surface area contributed by atoms with Crippen LogP contribution in [0.4, 0.5) is 0 Å². The van der Waals surface area contributed by atoms with E-state index in [-0.39, 0.29) is 23.8 Å². The van der Waals surface area contributed by atoms with Gasteiger partial charge < -0.3 is 9.84 Å². The number of benzene rings is 1. The van der Waals surface area contributed by atoms with Crippen molar-refractivity contribution in [2.24, 2.45) is 5.14 Å². The highest BCUT2D eigenvalue weighted by Crippen LogP contribution is 2.31. The fourth-order valence-electron chi connectivity index (χ4n) is 1.69. The van der Waals surface area contributed by atoms with Crippen molar-refractivity contribution in [3.05, 3.63) is 23.8 Å². The minimum Gasteiger partial charge on any atom is -0.493 e. The second-order valence-electron chi connectivity index (χ2n) is 4.55. The van der Waals surface area contributed by atoms with Gasteiger partial charge in [0.1, 0.15) is 5.75 Å². The summed E-state index contributed by atoms with van der Waals surface area (Å²) in [6.45, 7) is 3.94. The molecule has 0 saturated carbocycles. The monoisotopic (exact) mass is 301 g/mol. The molecule has 0 saturated heterocycles. The van der Waals surface area contributed by atoms with Crippen LogP contribution in [0.1, 0.15) is 38.2 Å². The van der Waals surface area contributed by atoms with Crippen LogP contribution in [0.25, 0.3) is 0 Å². The van der Waals surface area contributed by atoms with E-state index in [1.807, 2.05) is 13.8 Å². The fraction of sp³-hybridized carbons (Fsp3) is 0.462.